The number of aryl methyl sites for hydroxylation is 2. The first-order valence-corrected chi connectivity index (χ1v) is 11.5. The van der Waals surface area contributed by atoms with E-state index in [0.717, 1.165) is 27.7 Å². The Balaban J connectivity index is 1.62. The van der Waals surface area contributed by atoms with Gasteiger partial charge in [-0.25, -0.2) is 0 Å². The summed E-state index contributed by atoms with van der Waals surface area (Å²) in [6.07, 6.45) is 0.703. The number of aromatic amines is 1. The minimum Gasteiger partial charge on any atom is -0.503 e. The molecule has 6 heteroatoms. The number of fused-ring (bicyclic) bond motifs is 1. The molecule has 3 aromatic carbocycles. The van der Waals surface area contributed by atoms with Crippen molar-refractivity contribution in [3.05, 3.63) is 112 Å². The lowest BCUT2D eigenvalue weighted by Crippen LogP contribution is -2.31. The van der Waals surface area contributed by atoms with Crippen molar-refractivity contribution >= 4 is 39.9 Å². The predicted molar refractivity (Wildman–Crippen MR) is 134 cm³/mol. The maximum atomic E-state index is 13.5. The van der Waals surface area contributed by atoms with Crippen molar-refractivity contribution in [3.63, 3.8) is 0 Å². The van der Waals surface area contributed by atoms with Gasteiger partial charge in [-0.05, 0) is 49.2 Å². The number of ketones is 1. The number of halogens is 1. The molecule has 34 heavy (non-hydrogen) atoms. The maximum absolute atomic E-state index is 13.5. The Morgan fingerprint density at radius 3 is 2.41 bits per heavy atom. The number of Topliss-reactive ketones (excluding diaryl/α,β-unsaturated/α-hetero) is 1. The average molecular weight is 471 g/mol. The second-order valence-electron chi connectivity index (χ2n) is 8.43. The molecular weight excluding hydrogens is 448 g/mol. The van der Waals surface area contributed by atoms with E-state index in [-0.39, 0.29) is 17.8 Å². The van der Waals surface area contributed by atoms with Crippen LogP contribution in [0.5, 0.6) is 0 Å². The number of carbonyl (C=O) groups excluding carboxylic acids is 2. The molecule has 2 N–H and O–H groups in total. The number of anilines is 1. The SMILES string of the molecule is Cc1[nH]c2ccccc2c1C1C(C(=O)CCc2ccccc2)=C(O)C(=O)N1c1ccc(Cl)cc1. The smallest absolute Gasteiger partial charge is 0.294 e. The molecular formula is C28H23ClN2O3. The van der Waals surface area contributed by atoms with Crippen molar-refractivity contribution in [1.82, 2.24) is 4.98 Å². The molecule has 1 aromatic heterocycles. The highest BCUT2D eigenvalue weighted by molar-refractivity contribution is 6.30. The summed E-state index contributed by atoms with van der Waals surface area (Å²) in [7, 11) is 0. The normalized spacial score (nSPS) is 16.0. The number of aliphatic hydroxyl groups is 1. The van der Waals surface area contributed by atoms with E-state index in [1.807, 2.05) is 61.5 Å². The zero-order chi connectivity index (χ0) is 23.8. The van der Waals surface area contributed by atoms with Crippen molar-refractivity contribution in [1.29, 1.82) is 0 Å². The predicted octanol–water partition coefficient (Wildman–Crippen LogP) is 6.23. The van der Waals surface area contributed by atoms with E-state index < -0.39 is 17.7 Å². The zero-order valence-corrected chi connectivity index (χ0v) is 19.3. The summed E-state index contributed by atoms with van der Waals surface area (Å²) in [4.78, 5) is 31.7. The van der Waals surface area contributed by atoms with Crippen molar-refractivity contribution < 1.29 is 14.7 Å². The Morgan fingerprint density at radius 2 is 1.68 bits per heavy atom. The minimum absolute atomic E-state index is 0.128. The first kappa shape index (κ1) is 22.0. The lowest BCUT2D eigenvalue weighted by atomic mass is 9.91. The van der Waals surface area contributed by atoms with E-state index in [2.05, 4.69) is 4.98 Å². The third-order valence-corrected chi connectivity index (χ3v) is 6.57. The lowest BCUT2D eigenvalue weighted by molar-refractivity contribution is -0.118. The molecule has 170 valence electrons. The summed E-state index contributed by atoms with van der Waals surface area (Å²) in [6, 6.07) is 23.5. The molecule has 0 saturated carbocycles. The quantitative estimate of drug-likeness (QED) is 0.350. The average Bonchev–Trinajstić information content (AvgIpc) is 3.31. The number of nitrogens with one attached hydrogen (secondary N) is 1. The summed E-state index contributed by atoms with van der Waals surface area (Å²) in [5, 5.41) is 12.4. The Morgan fingerprint density at radius 1 is 1.00 bits per heavy atom. The zero-order valence-electron chi connectivity index (χ0n) is 18.6. The number of rotatable bonds is 6. The summed E-state index contributed by atoms with van der Waals surface area (Å²) in [6.45, 7) is 1.92. The third kappa shape index (κ3) is 3.78. The van der Waals surface area contributed by atoms with Crippen LogP contribution in [0.25, 0.3) is 10.9 Å². The topological polar surface area (TPSA) is 73.4 Å². The maximum Gasteiger partial charge on any atom is 0.294 e. The second-order valence-corrected chi connectivity index (χ2v) is 8.87. The highest BCUT2D eigenvalue weighted by atomic mass is 35.5. The number of carbonyl (C=O) groups is 2. The Kier molecular flexibility index (Phi) is 5.72. The molecule has 1 amide bonds. The van der Waals surface area contributed by atoms with E-state index in [1.165, 1.54) is 4.90 Å². The van der Waals surface area contributed by atoms with Gasteiger partial charge in [0.15, 0.2) is 11.5 Å². The van der Waals surface area contributed by atoms with Crippen LogP contribution in [0.1, 0.15) is 29.3 Å². The van der Waals surface area contributed by atoms with Gasteiger partial charge in [0.05, 0.1) is 11.6 Å². The van der Waals surface area contributed by atoms with Crippen LogP contribution in [-0.4, -0.2) is 21.8 Å². The number of hydrogen-bond donors (Lipinski definition) is 2. The third-order valence-electron chi connectivity index (χ3n) is 6.31. The van der Waals surface area contributed by atoms with E-state index in [1.54, 1.807) is 24.3 Å². The first-order valence-electron chi connectivity index (χ1n) is 11.1. The Labute approximate surface area is 202 Å². The molecule has 1 atom stereocenters. The van der Waals surface area contributed by atoms with Gasteiger partial charge in [-0.2, -0.15) is 0 Å². The van der Waals surface area contributed by atoms with Crippen LogP contribution in [0.4, 0.5) is 5.69 Å². The molecule has 1 unspecified atom stereocenters. The van der Waals surface area contributed by atoms with Gasteiger partial charge in [-0.15, -0.1) is 0 Å². The molecule has 0 saturated heterocycles. The number of amides is 1. The van der Waals surface area contributed by atoms with Gasteiger partial charge in [0.2, 0.25) is 0 Å². The Bertz CT molecular complexity index is 1420. The molecule has 0 spiro atoms. The van der Waals surface area contributed by atoms with E-state index in [4.69, 9.17) is 11.6 Å². The number of para-hydroxylation sites is 1. The van der Waals surface area contributed by atoms with Gasteiger partial charge in [0.1, 0.15) is 0 Å². The molecule has 2 heterocycles. The highest BCUT2D eigenvalue weighted by Gasteiger charge is 2.45. The van der Waals surface area contributed by atoms with Crippen molar-refractivity contribution in [2.45, 2.75) is 25.8 Å². The first-order chi connectivity index (χ1) is 16.5. The lowest BCUT2D eigenvalue weighted by Gasteiger charge is -2.27. The van der Waals surface area contributed by atoms with Crippen LogP contribution in [0.3, 0.4) is 0 Å². The standard InChI is InChI=1S/C28H23ClN2O3/c1-17-24(21-9-5-6-10-22(21)30-17)26-25(23(32)16-11-18-7-3-2-4-8-18)27(33)28(34)31(26)20-14-12-19(29)13-15-20/h2-10,12-15,26,30,33H,11,16H2,1H3. The molecule has 4 aromatic rings. The van der Waals surface area contributed by atoms with Gasteiger partial charge < -0.3 is 10.1 Å². The molecule has 0 aliphatic carbocycles. The number of aromatic nitrogens is 1. The fraction of sp³-hybridized carbons (Fsp3) is 0.143. The minimum atomic E-state index is -0.756. The largest absolute Gasteiger partial charge is 0.503 e. The molecule has 1 aliphatic rings. The van der Waals surface area contributed by atoms with Crippen molar-refractivity contribution in [2.75, 3.05) is 4.90 Å². The number of nitrogens with zero attached hydrogens (tertiary/aromatic N) is 1. The van der Waals surface area contributed by atoms with Crippen LogP contribution in [0.2, 0.25) is 5.02 Å². The van der Waals surface area contributed by atoms with E-state index in [0.29, 0.717) is 17.1 Å². The summed E-state index contributed by atoms with van der Waals surface area (Å²) >= 11 is 6.08. The van der Waals surface area contributed by atoms with Gasteiger partial charge in [0.25, 0.3) is 5.91 Å². The summed E-state index contributed by atoms with van der Waals surface area (Å²) in [5.74, 6) is -1.34. The van der Waals surface area contributed by atoms with Gasteiger partial charge in [0, 0.05) is 39.3 Å². The van der Waals surface area contributed by atoms with Crippen LogP contribution >= 0.6 is 11.6 Å². The molecule has 1 aliphatic heterocycles. The monoisotopic (exact) mass is 470 g/mol. The van der Waals surface area contributed by atoms with Crippen LogP contribution < -0.4 is 4.90 Å². The number of aliphatic hydroxyl groups excluding tert-OH is 1. The fourth-order valence-electron chi connectivity index (χ4n) is 4.72. The van der Waals surface area contributed by atoms with Crippen molar-refractivity contribution in [2.24, 2.45) is 0 Å². The molecule has 0 bridgehead atoms. The van der Waals surface area contributed by atoms with Crippen LogP contribution in [0.15, 0.2) is 90.2 Å². The second kappa shape index (κ2) is 8.84. The summed E-state index contributed by atoms with van der Waals surface area (Å²) in [5.41, 5.74) is 4.24. The van der Waals surface area contributed by atoms with Crippen molar-refractivity contribution in [3.8, 4) is 0 Å². The van der Waals surface area contributed by atoms with Crippen LogP contribution in [-0.2, 0) is 16.0 Å². The highest BCUT2D eigenvalue weighted by Crippen LogP contribution is 2.45. The fourth-order valence-corrected chi connectivity index (χ4v) is 4.85. The van der Waals surface area contributed by atoms with E-state index in [9.17, 15) is 14.7 Å². The van der Waals surface area contributed by atoms with E-state index >= 15 is 0 Å². The molecule has 0 radical (unpaired) electrons. The number of benzene rings is 3. The molecule has 0 fully saturated rings. The number of H-pyrrole nitrogens is 1. The van der Waals surface area contributed by atoms with Crippen LogP contribution in [0, 0.1) is 6.92 Å². The number of hydrogen-bond acceptors (Lipinski definition) is 3. The van der Waals surface area contributed by atoms with Gasteiger partial charge in [-0.1, -0.05) is 60.1 Å². The molecule has 5 rings (SSSR count). The Hall–Kier alpha value is -3.83. The van der Waals surface area contributed by atoms with Gasteiger partial charge in [-0.3, -0.25) is 14.5 Å². The van der Waals surface area contributed by atoms with Gasteiger partial charge >= 0.3 is 0 Å². The summed E-state index contributed by atoms with van der Waals surface area (Å²) < 4.78 is 0. The molecule has 5 nitrogen and oxygen atoms in total.